The van der Waals surface area contributed by atoms with Gasteiger partial charge in [-0.25, -0.2) is 13.1 Å². The van der Waals surface area contributed by atoms with Crippen molar-refractivity contribution in [1.29, 1.82) is 0 Å². The summed E-state index contributed by atoms with van der Waals surface area (Å²) in [4.78, 5) is 0. The van der Waals surface area contributed by atoms with E-state index in [-0.39, 0.29) is 0 Å². The Morgan fingerprint density at radius 1 is 1.29 bits per heavy atom. The fraction of sp³-hybridized carbons (Fsp3) is 1.00. The van der Waals surface area contributed by atoms with Crippen LogP contribution in [0, 0.1) is 5.92 Å². The van der Waals surface area contributed by atoms with Gasteiger partial charge in [-0.15, -0.1) is 0 Å². The summed E-state index contributed by atoms with van der Waals surface area (Å²) in [6, 6.07) is 0.405. The van der Waals surface area contributed by atoms with Crippen LogP contribution in [0.25, 0.3) is 0 Å². The van der Waals surface area contributed by atoms with Crippen molar-refractivity contribution in [3.8, 4) is 0 Å². The highest BCUT2D eigenvalue weighted by Crippen LogP contribution is 2.29. The van der Waals surface area contributed by atoms with Gasteiger partial charge in [-0.1, -0.05) is 13.8 Å². The molecule has 0 aromatic heterocycles. The standard InChI is InChI=1S/C9H20N2O2S/c1-8(2)10-5-6-11-14(12,13)7-9-3-4-9/h8-11H,3-7H2,1-2H3. The van der Waals surface area contributed by atoms with Crippen molar-refractivity contribution in [2.75, 3.05) is 18.8 Å². The number of hydrogen-bond donors (Lipinski definition) is 2. The minimum atomic E-state index is -3.01. The van der Waals surface area contributed by atoms with Crippen LogP contribution in [0.5, 0.6) is 0 Å². The Morgan fingerprint density at radius 2 is 1.93 bits per heavy atom. The van der Waals surface area contributed by atoms with Crippen molar-refractivity contribution in [1.82, 2.24) is 10.0 Å². The third-order valence-corrected chi connectivity index (χ3v) is 3.71. The van der Waals surface area contributed by atoms with Crippen LogP contribution in [0.2, 0.25) is 0 Å². The molecule has 0 aliphatic heterocycles. The topological polar surface area (TPSA) is 58.2 Å². The molecular weight excluding hydrogens is 200 g/mol. The average molecular weight is 220 g/mol. The first-order valence-corrected chi connectivity index (χ1v) is 6.85. The van der Waals surface area contributed by atoms with Crippen molar-refractivity contribution in [3.05, 3.63) is 0 Å². The predicted octanol–water partition coefficient (Wildman–Crippen LogP) is 0.314. The van der Waals surface area contributed by atoms with E-state index < -0.39 is 10.0 Å². The number of rotatable bonds is 7. The zero-order valence-corrected chi connectivity index (χ0v) is 9.73. The molecule has 2 N–H and O–H groups in total. The molecule has 0 spiro atoms. The maximum Gasteiger partial charge on any atom is 0.211 e. The van der Waals surface area contributed by atoms with Crippen LogP contribution in [-0.2, 0) is 10.0 Å². The van der Waals surface area contributed by atoms with Gasteiger partial charge in [0.1, 0.15) is 0 Å². The Hall–Kier alpha value is -0.130. The minimum absolute atomic E-state index is 0.314. The van der Waals surface area contributed by atoms with Gasteiger partial charge in [-0.2, -0.15) is 0 Å². The van der Waals surface area contributed by atoms with Crippen LogP contribution < -0.4 is 10.0 Å². The number of sulfonamides is 1. The fourth-order valence-corrected chi connectivity index (χ4v) is 2.71. The minimum Gasteiger partial charge on any atom is -0.313 e. The van der Waals surface area contributed by atoms with E-state index in [9.17, 15) is 8.42 Å². The Labute approximate surface area is 86.5 Å². The quantitative estimate of drug-likeness (QED) is 0.607. The molecule has 84 valence electrons. The van der Waals surface area contributed by atoms with Crippen LogP contribution >= 0.6 is 0 Å². The van der Waals surface area contributed by atoms with Gasteiger partial charge in [0.2, 0.25) is 10.0 Å². The van der Waals surface area contributed by atoms with E-state index in [1.54, 1.807) is 0 Å². The lowest BCUT2D eigenvalue weighted by molar-refractivity contribution is 0.557. The second-order valence-corrected chi connectivity index (χ2v) is 6.08. The molecule has 0 atom stereocenters. The van der Waals surface area contributed by atoms with Gasteiger partial charge < -0.3 is 5.32 Å². The zero-order valence-electron chi connectivity index (χ0n) is 8.91. The Kier molecular flexibility index (Phi) is 4.34. The first kappa shape index (κ1) is 11.9. The predicted molar refractivity (Wildman–Crippen MR) is 57.7 cm³/mol. The highest BCUT2D eigenvalue weighted by Gasteiger charge is 2.27. The molecule has 0 heterocycles. The Bertz CT molecular complexity index is 258. The molecule has 5 heteroatoms. The van der Waals surface area contributed by atoms with E-state index in [1.807, 2.05) is 13.8 Å². The molecule has 0 radical (unpaired) electrons. The molecule has 1 aliphatic rings. The van der Waals surface area contributed by atoms with Gasteiger partial charge in [-0.05, 0) is 18.8 Å². The van der Waals surface area contributed by atoms with Gasteiger partial charge in [0.25, 0.3) is 0 Å². The van der Waals surface area contributed by atoms with Crippen LogP contribution in [0.1, 0.15) is 26.7 Å². The molecule has 0 aromatic rings. The highest BCUT2D eigenvalue weighted by molar-refractivity contribution is 7.89. The normalized spacial score (nSPS) is 17.6. The summed E-state index contributed by atoms with van der Waals surface area (Å²) in [5.41, 5.74) is 0. The lowest BCUT2D eigenvalue weighted by Crippen LogP contribution is -2.35. The monoisotopic (exact) mass is 220 g/mol. The first-order chi connectivity index (χ1) is 6.49. The molecule has 1 saturated carbocycles. The van der Waals surface area contributed by atoms with Crippen molar-refractivity contribution in [2.45, 2.75) is 32.7 Å². The molecular formula is C9H20N2O2S. The van der Waals surface area contributed by atoms with E-state index in [2.05, 4.69) is 10.0 Å². The molecule has 0 aromatic carbocycles. The van der Waals surface area contributed by atoms with Crippen LogP contribution in [-0.4, -0.2) is 33.3 Å². The maximum atomic E-state index is 11.4. The molecule has 0 amide bonds. The van der Waals surface area contributed by atoms with Crippen LogP contribution in [0.3, 0.4) is 0 Å². The summed E-state index contributed by atoms with van der Waals surface area (Å²) >= 11 is 0. The molecule has 1 aliphatic carbocycles. The summed E-state index contributed by atoms with van der Waals surface area (Å²) in [7, 11) is -3.01. The Morgan fingerprint density at radius 3 is 2.43 bits per heavy atom. The lowest BCUT2D eigenvalue weighted by Gasteiger charge is -2.09. The summed E-state index contributed by atoms with van der Waals surface area (Å²) in [5.74, 6) is 0.736. The van der Waals surface area contributed by atoms with Crippen molar-refractivity contribution >= 4 is 10.0 Å². The van der Waals surface area contributed by atoms with Gasteiger partial charge in [0, 0.05) is 19.1 Å². The largest absolute Gasteiger partial charge is 0.313 e. The van der Waals surface area contributed by atoms with Gasteiger partial charge in [-0.3, -0.25) is 0 Å². The third-order valence-electron chi connectivity index (χ3n) is 2.15. The molecule has 1 rings (SSSR count). The highest BCUT2D eigenvalue weighted by atomic mass is 32.2. The molecule has 14 heavy (non-hydrogen) atoms. The van der Waals surface area contributed by atoms with E-state index >= 15 is 0 Å². The van der Waals surface area contributed by atoms with E-state index in [4.69, 9.17) is 0 Å². The third kappa shape index (κ3) is 5.57. The molecule has 0 saturated heterocycles. The second-order valence-electron chi connectivity index (χ2n) is 4.23. The van der Waals surface area contributed by atoms with Crippen LogP contribution in [0.4, 0.5) is 0 Å². The van der Waals surface area contributed by atoms with Gasteiger partial charge >= 0.3 is 0 Å². The summed E-state index contributed by atoms with van der Waals surface area (Å²) < 4.78 is 25.4. The number of nitrogens with one attached hydrogen (secondary N) is 2. The SMILES string of the molecule is CC(C)NCCNS(=O)(=O)CC1CC1. The maximum absolute atomic E-state index is 11.4. The zero-order chi connectivity index (χ0) is 10.6. The van der Waals surface area contributed by atoms with Crippen LogP contribution in [0.15, 0.2) is 0 Å². The molecule has 4 nitrogen and oxygen atoms in total. The second kappa shape index (κ2) is 5.09. The van der Waals surface area contributed by atoms with Gasteiger partial charge in [0.05, 0.1) is 5.75 Å². The molecule has 0 bridgehead atoms. The number of hydrogen-bond acceptors (Lipinski definition) is 3. The van der Waals surface area contributed by atoms with Crippen molar-refractivity contribution < 1.29 is 8.42 Å². The Balaban J connectivity index is 2.09. The fourth-order valence-electron chi connectivity index (χ4n) is 1.22. The lowest BCUT2D eigenvalue weighted by atomic mass is 10.4. The van der Waals surface area contributed by atoms with Crippen molar-refractivity contribution in [2.24, 2.45) is 5.92 Å². The summed E-state index contributed by atoms with van der Waals surface area (Å²) in [6.45, 7) is 5.27. The molecule has 1 fully saturated rings. The first-order valence-electron chi connectivity index (χ1n) is 5.20. The van der Waals surface area contributed by atoms with E-state index in [0.29, 0.717) is 30.8 Å². The summed E-state index contributed by atoms with van der Waals surface area (Å²) in [6.07, 6.45) is 2.15. The molecule has 0 unspecified atom stereocenters. The smallest absolute Gasteiger partial charge is 0.211 e. The summed E-state index contributed by atoms with van der Waals surface area (Å²) in [5, 5.41) is 3.16. The van der Waals surface area contributed by atoms with E-state index in [0.717, 1.165) is 12.8 Å². The van der Waals surface area contributed by atoms with Gasteiger partial charge in [0.15, 0.2) is 0 Å². The van der Waals surface area contributed by atoms with Crippen molar-refractivity contribution in [3.63, 3.8) is 0 Å². The van der Waals surface area contributed by atoms with E-state index in [1.165, 1.54) is 0 Å². The average Bonchev–Trinajstić information content (AvgIpc) is 2.81.